The van der Waals surface area contributed by atoms with Crippen LogP contribution in [-0.4, -0.2) is 49.0 Å². The number of phenolic OH excluding ortho intramolecular Hbond substituents is 1. The summed E-state index contributed by atoms with van der Waals surface area (Å²) in [5, 5.41) is 27.4. The van der Waals surface area contributed by atoms with Crippen LogP contribution < -0.4 is 5.63 Å². The van der Waals surface area contributed by atoms with Crippen molar-refractivity contribution in [3.8, 4) is 16.9 Å². The fourth-order valence-electron chi connectivity index (χ4n) is 3.28. The van der Waals surface area contributed by atoms with Gasteiger partial charge in [-0.25, -0.2) is 4.79 Å². The van der Waals surface area contributed by atoms with E-state index in [9.17, 15) is 9.59 Å². The predicted molar refractivity (Wildman–Crippen MR) is 193 cm³/mol. The Balaban J connectivity index is -0.000000187. The van der Waals surface area contributed by atoms with Crippen LogP contribution in [0.4, 0.5) is 0 Å². The maximum absolute atomic E-state index is 12.0. The number of aliphatic hydroxyl groups excluding tert-OH is 2. The molecule has 0 aliphatic heterocycles. The molecule has 0 aliphatic carbocycles. The molecule has 0 amide bonds. The zero-order valence-corrected chi connectivity index (χ0v) is 44.1. The van der Waals surface area contributed by atoms with Crippen molar-refractivity contribution < 1.29 is 66.7 Å². The Morgan fingerprint density at radius 3 is 1.60 bits per heavy atom. The van der Waals surface area contributed by atoms with Crippen LogP contribution in [0.1, 0.15) is 55.7 Å². The Morgan fingerprint density at radius 1 is 0.740 bits per heavy atom. The van der Waals surface area contributed by atoms with Crippen LogP contribution in [0, 0.1) is 6.92 Å². The van der Waals surface area contributed by atoms with Crippen LogP contribution in [0.25, 0.3) is 22.1 Å². The summed E-state index contributed by atoms with van der Waals surface area (Å²) in [5.41, 5.74) is 4.61. The number of phenols is 1. The molecule has 0 aliphatic rings. The topological polar surface area (TPSA) is 126 Å². The van der Waals surface area contributed by atoms with Crippen LogP contribution in [0.15, 0.2) is 112 Å². The number of aromatic hydroxyl groups is 1. The molecule has 0 saturated carbocycles. The van der Waals surface area contributed by atoms with Crippen LogP contribution in [0.3, 0.4) is 0 Å². The minimum Gasteiger partial charge on any atom is -0.507 e. The second kappa shape index (κ2) is 31.9. The second-order valence-electron chi connectivity index (χ2n) is 9.15. The molecule has 0 unspecified atom stereocenters. The molecule has 263 valence electrons. The average Bonchev–Trinajstić information content (AvgIpc) is 3.09. The number of hydrogen-bond donors (Lipinski definition) is 3. The first-order chi connectivity index (χ1) is 21.8. The molecule has 0 spiro atoms. The van der Waals surface area contributed by atoms with Gasteiger partial charge < -0.3 is 29.2 Å². The van der Waals surface area contributed by atoms with Crippen LogP contribution in [-0.2, 0) is 55.4 Å². The van der Waals surface area contributed by atoms with Gasteiger partial charge in [-0.3, -0.25) is 4.79 Å². The van der Waals surface area contributed by atoms with Crippen molar-refractivity contribution >= 4 is 17.3 Å². The van der Waals surface area contributed by atoms with E-state index in [-0.39, 0.29) is 72.2 Å². The molecular formula is C39H51O8Sg2Y-. The Morgan fingerprint density at radius 2 is 1.18 bits per heavy atom. The average molecular weight is 1270 g/mol. The van der Waals surface area contributed by atoms with E-state index in [2.05, 4.69) is 16.4 Å². The number of carbonyl (C=O) groups excluding carboxylic acids is 1. The summed E-state index contributed by atoms with van der Waals surface area (Å²) in [6, 6.07) is 30.4. The summed E-state index contributed by atoms with van der Waals surface area (Å²) in [5.74, 6) is 0.0347. The molecule has 0 atom stereocenters. The van der Waals surface area contributed by atoms with Gasteiger partial charge in [-0.1, -0.05) is 69.5 Å². The molecule has 0 saturated heterocycles. The smallest absolute Gasteiger partial charge is 0.344 e. The number of benzene rings is 4. The monoisotopic (exact) mass is 1280 g/mol. The van der Waals surface area contributed by atoms with Gasteiger partial charge >= 0.3 is 5.63 Å². The second-order valence-corrected chi connectivity index (χ2v) is 9.15. The van der Waals surface area contributed by atoms with E-state index in [1.54, 1.807) is 50.6 Å². The van der Waals surface area contributed by atoms with E-state index in [4.69, 9.17) is 19.7 Å². The van der Waals surface area contributed by atoms with E-state index in [1.165, 1.54) is 6.07 Å². The molecule has 1 heterocycles. The van der Waals surface area contributed by atoms with Crippen molar-refractivity contribution in [3.05, 3.63) is 143 Å². The van der Waals surface area contributed by atoms with Crippen molar-refractivity contribution in [2.24, 2.45) is 0 Å². The minimum atomic E-state index is -0.351. The molecule has 4 aromatic carbocycles. The Hall–Kier alpha value is -5.63. The number of rotatable bonds is 6. The van der Waals surface area contributed by atoms with Gasteiger partial charge in [0.05, 0.1) is 24.3 Å². The summed E-state index contributed by atoms with van der Waals surface area (Å²) in [6.45, 7) is 9.37. The normalized spacial score (nSPS) is 8.60. The van der Waals surface area contributed by atoms with E-state index in [0.717, 1.165) is 40.9 Å². The number of aldehydes is 1. The summed E-state index contributed by atoms with van der Waals surface area (Å²) >= 11 is 0. The van der Waals surface area contributed by atoms with E-state index in [1.807, 2.05) is 74.5 Å². The standard InChI is InChI=1S/C16H12O3.C8H9O.C7H6O2.2C3H8O.2CH4.2Sg.Y/c17-10-11-5-7-12(8-6-11)14-9-13-3-1-2-4-15(13)19-16(14)18;1-7-2-4-8(6-9)5-3-7;8-5-6-3-1-2-4-7(6)9;2*1-3-4-2;;;;;/h1-9,17H,10H2;2-5,9H,1,6H2;1-5,9H;2*3H2,1-2H3;2*1H4;;;/q;-1;;;;;;;;. The number of carbonyl (C=O) groups is 1. The quantitative estimate of drug-likeness (QED) is 0.0886. The summed E-state index contributed by atoms with van der Waals surface area (Å²) < 4.78 is 14.4. The first-order valence-corrected chi connectivity index (χ1v) is 14.2. The summed E-state index contributed by atoms with van der Waals surface area (Å²) in [4.78, 5) is 22.0. The molecular weight excluding hydrogens is 1220 g/mol. The molecule has 50 heavy (non-hydrogen) atoms. The van der Waals surface area contributed by atoms with Crippen LogP contribution >= 0.6 is 0 Å². The third-order valence-electron chi connectivity index (χ3n) is 5.94. The number of aliphatic hydroxyl groups is 2. The molecule has 0 fully saturated rings. The number of ether oxygens (including phenoxy) is 2. The third kappa shape index (κ3) is 19.9. The van der Waals surface area contributed by atoms with Crippen molar-refractivity contribution in [2.75, 3.05) is 27.4 Å². The van der Waals surface area contributed by atoms with E-state index in [0.29, 0.717) is 23.0 Å². The van der Waals surface area contributed by atoms with E-state index < -0.39 is 0 Å². The fourth-order valence-corrected chi connectivity index (χ4v) is 3.28. The first kappa shape index (κ1) is 53.8. The van der Waals surface area contributed by atoms with Gasteiger partial charge in [0.2, 0.25) is 0 Å². The number of methoxy groups -OCH3 is 2. The van der Waals surface area contributed by atoms with Crippen molar-refractivity contribution in [3.63, 3.8) is 0 Å². The fraction of sp³-hybridized carbons (Fsp3) is 0.256. The Labute approximate surface area is 311 Å². The van der Waals surface area contributed by atoms with Gasteiger partial charge in [-0.2, -0.15) is 24.6 Å². The van der Waals surface area contributed by atoms with Gasteiger partial charge in [0.15, 0.2) is 6.29 Å². The summed E-state index contributed by atoms with van der Waals surface area (Å²) in [7, 11) is 3.36. The van der Waals surface area contributed by atoms with Gasteiger partial charge in [0, 0.05) is 65.5 Å². The maximum Gasteiger partial charge on any atom is 0.344 e. The van der Waals surface area contributed by atoms with Crippen LogP contribution in [0.2, 0.25) is 0 Å². The number of fused-ring (bicyclic) bond motifs is 1. The minimum absolute atomic E-state index is 0. The predicted octanol–water partition coefficient (Wildman–Crippen LogP) is 8.09. The summed E-state index contributed by atoms with van der Waals surface area (Å²) in [6.07, 6.45) is 0.620. The van der Waals surface area contributed by atoms with Gasteiger partial charge in [0.25, 0.3) is 0 Å². The number of para-hydroxylation sites is 2. The van der Waals surface area contributed by atoms with Gasteiger partial charge in [-0.05, 0) is 54.8 Å². The number of hydrogen-bond acceptors (Lipinski definition) is 8. The maximum atomic E-state index is 12.0. The molecule has 5 rings (SSSR count). The Bertz CT molecular complexity index is 1570. The van der Waals surface area contributed by atoms with Crippen LogP contribution in [0.5, 0.6) is 5.75 Å². The molecule has 0 bridgehead atoms. The van der Waals surface area contributed by atoms with Gasteiger partial charge in [-0.15, -0.1) is 12.1 Å². The first-order valence-electron chi connectivity index (χ1n) is 14.2. The molecule has 11 heteroatoms. The molecule has 1 radical (unpaired) electrons. The molecule has 3 N–H and O–H groups in total. The van der Waals surface area contributed by atoms with Gasteiger partial charge in [0.1, 0.15) is 11.3 Å². The van der Waals surface area contributed by atoms with Crippen molar-refractivity contribution in [1.29, 1.82) is 0 Å². The van der Waals surface area contributed by atoms with E-state index >= 15 is 0 Å². The largest absolute Gasteiger partial charge is 0.507 e. The molecule has 8 nitrogen and oxygen atoms in total. The zero-order chi connectivity index (χ0) is 33.5. The molecule has 1 aromatic heterocycles. The van der Waals surface area contributed by atoms with Crippen molar-refractivity contribution in [2.45, 2.75) is 41.9 Å². The zero-order valence-electron chi connectivity index (χ0n) is 28.3. The SMILES string of the molecule is C.C.CCOC.CCOC.O=Cc1ccccc1O.O=c1oc2ccccc2cc1-c1ccc(CO)cc1.[CH2-]c1ccc(CO)cc1.[Sg].[Sg].[Y]. The Kier molecular flexibility index (Phi) is 34.4. The molecule has 5 aromatic rings. The third-order valence-corrected chi connectivity index (χ3v) is 5.94. The van der Waals surface area contributed by atoms with Crippen molar-refractivity contribution in [1.82, 2.24) is 0 Å².